The number of aromatic nitrogens is 1. The first-order chi connectivity index (χ1) is 11.4. The minimum atomic E-state index is -0.411. The zero-order chi connectivity index (χ0) is 17.7. The Kier molecular flexibility index (Phi) is 5.47. The first-order valence-corrected chi connectivity index (χ1v) is 7.35. The van der Waals surface area contributed by atoms with Crippen LogP contribution in [0, 0.1) is 5.82 Å². The summed E-state index contributed by atoms with van der Waals surface area (Å²) in [7, 11) is 3.28. The Bertz CT molecular complexity index is 797. The van der Waals surface area contributed by atoms with Crippen LogP contribution < -0.4 is 10.9 Å². The third kappa shape index (κ3) is 4.28. The molecule has 7 heteroatoms. The Balaban J connectivity index is 2.13. The molecule has 126 valence electrons. The van der Waals surface area contributed by atoms with Crippen molar-refractivity contribution in [3.8, 4) is 5.69 Å². The Labute approximate surface area is 138 Å². The molecular formula is C17H18FN3O3. The monoisotopic (exact) mass is 331 g/mol. The van der Waals surface area contributed by atoms with Gasteiger partial charge in [-0.1, -0.05) is 0 Å². The summed E-state index contributed by atoms with van der Waals surface area (Å²) < 4.78 is 14.3. The van der Waals surface area contributed by atoms with E-state index in [-0.39, 0.29) is 30.0 Å². The van der Waals surface area contributed by atoms with Crippen molar-refractivity contribution in [1.82, 2.24) is 14.8 Å². The molecule has 0 radical (unpaired) electrons. The van der Waals surface area contributed by atoms with Gasteiger partial charge in [-0.15, -0.1) is 0 Å². The molecule has 0 fully saturated rings. The summed E-state index contributed by atoms with van der Waals surface area (Å²) in [5.41, 5.74) is 0.399. The van der Waals surface area contributed by atoms with Crippen LogP contribution in [0.1, 0.15) is 16.8 Å². The predicted octanol–water partition coefficient (Wildman–Crippen LogP) is 1.18. The molecule has 0 bridgehead atoms. The van der Waals surface area contributed by atoms with Gasteiger partial charge in [-0.05, 0) is 30.3 Å². The number of rotatable bonds is 5. The summed E-state index contributed by atoms with van der Waals surface area (Å²) in [5, 5.41) is 2.63. The molecule has 6 nitrogen and oxygen atoms in total. The first-order valence-electron chi connectivity index (χ1n) is 7.35. The maximum atomic E-state index is 13.0. The third-order valence-corrected chi connectivity index (χ3v) is 3.40. The maximum Gasteiger partial charge on any atom is 0.255 e. The SMILES string of the molecule is CN(C)C(=O)CCNC(=O)c1ccc(=O)n(-c2ccc(F)cc2)c1. The van der Waals surface area contributed by atoms with Gasteiger partial charge in [-0.25, -0.2) is 4.39 Å². The highest BCUT2D eigenvalue weighted by atomic mass is 19.1. The maximum absolute atomic E-state index is 13.0. The lowest BCUT2D eigenvalue weighted by molar-refractivity contribution is -0.128. The van der Waals surface area contributed by atoms with Crippen LogP contribution in [0.25, 0.3) is 5.69 Å². The Hall–Kier alpha value is -2.96. The van der Waals surface area contributed by atoms with Crippen LogP contribution in [0.5, 0.6) is 0 Å². The van der Waals surface area contributed by atoms with Gasteiger partial charge < -0.3 is 10.2 Å². The van der Waals surface area contributed by atoms with Crippen molar-refractivity contribution in [2.45, 2.75) is 6.42 Å². The molecule has 0 unspecified atom stereocenters. The van der Waals surface area contributed by atoms with E-state index in [1.54, 1.807) is 14.1 Å². The number of amides is 2. The normalized spacial score (nSPS) is 10.3. The van der Waals surface area contributed by atoms with Gasteiger partial charge in [0, 0.05) is 45.0 Å². The lowest BCUT2D eigenvalue weighted by Crippen LogP contribution is -2.31. The molecule has 0 spiro atoms. The van der Waals surface area contributed by atoms with Crippen molar-refractivity contribution < 1.29 is 14.0 Å². The average molecular weight is 331 g/mol. The highest BCUT2D eigenvalue weighted by Crippen LogP contribution is 2.08. The number of nitrogens with one attached hydrogen (secondary N) is 1. The predicted molar refractivity (Wildman–Crippen MR) is 87.6 cm³/mol. The zero-order valence-electron chi connectivity index (χ0n) is 13.5. The van der Waals surface area contributed by atoms with Crippen LogP contribution in [0.3, 0.4) is 0 Å². The van der Waals surface area contributed by atoms with Crippen molar-refractivity contribution in [3.63, 3.8) is 0 Å². The Morgan fingerprint density at radius 3 is 2.42 bits per heavy atom. The molecule has 1 aromatic carbocycles. The lowest BCUT2D eigenvalue weighted by atomic mass is 10.2. The van der Waals surface area contributed by atoms with Gasteiger partial charge in [0.15, 0.2) is 0 Å². The third-order valence-electron chi connectivity index (χ3n) is 3.40. The van der Waals surface area contributed by atoms with Crippen molar-refractivity contribution in [1.29, 1.82) is 0 Å². The molecule has 2 aromatic rings. The minimum Gasteiger partial charge on any atom is -0.351 e. The zero-order valence-corrected chi connectivity index (χ0v) is 13.5. The summed E-state index contributed by atoms with van der Waals surface area (Å²) >= 11 is 0. The molecule has 1 heterocycles. The summed E-state index contributed by atoms with van der Waals surface area (Å²) in [6.45, 7) is 0.200. The van der Waals surface area contributed by atoms with E-state index in [4.69, 9.17) is 0 Å². The van der Waals surface area contributed by atoms with Crippen molar-refractivity contribution in [3.05, 3.63) is 64.3 Å². The number of pyridine rings is 1. The second kappa shape index (κ2) is 7.54. The lowest BCUT2D eigenvalue weighted by Gasteiger charge is -2.11. The molecule has 0 saturated heterocycles. The molecule has 0 aliphatic heterocycles. The van der Waals surface area contributed by atoms with E-state index in [1.807, 2.05) is 0 Å². The highest BCUT2D eigenvalue weighted by molar-refractivity contribution is 5.94. The van der Waals surface area contributed by atoms with Crippen molar-refractivity contribution in [2.75, 3.05) is 20.6 Å². The number of carbonyl (C=O) groups is 2. The van der Waals surface area contributed by atoms with E-state index in [9.17, 15) is 18.8 Å². The number of nitrogens with zero attached hydrogens (tertiary/aromatic N) is 2. The number of carbonyl (C=O) groups excluding carboxylic acids is 2. The quantitative estimate of drug-likeness (QED) is 0.894. The van der Waals surface area contributed by atoms with E-state index >= 15 is 0 Å². The van der Waals surface area contributed by atoms with E-state index < -0.39 is 11.7 Å². The summed E-state index contributed by atoms with van der Waals surface area (Å²) in [4.78, 5) is 37.0. The standard InChI is InChI=1S/C17H18FN3O3/c1-20(2)15(22)9-10-19-17(24)12-3-8-16(23)21(11-12)14-6-4-13(18)5-7-14/h3-8,11H,9-10H2,1-2H3,(H,19,24). The first kappa shape index (κ1) is 17.4. The highest BCUT2D eigenvalue weighted by Gasteiger charge is 2.10. The molecule has 1 N–H and O–H groups in total. The smallest absolute Gasteiger partial charge is 0.255 e. The van der Waals surface area contributed by atoms with Gasteiger partial charge in [0.1, 0.15) is 5.82 Å². The molecule has 1 aromatic heterocycles. The molecular weight excluding hydrogens is 313 g/mol. The van der Waals surface area contributed by atoms with Crippen LogP contribution in [0.15, 0.2) is 47.4 Å². The van der Waals surface area contributed by atoms with Crippen molar-refractivity contribution in [2.24, 2.45) is 0 Å². The Morgan fingerprint density at radius 1 is 1.12 bits per heavy atom. The van der Waals surface area contributed by atoms with Gasteiger partial charge in [0.2, 0.25) is 5.91 Å². The molecule has 24 heavy (non-hydrogen) atoms. The number of hydrogen-bond donors (Lipinski definition) is 1. The van der Waals surface area contributed by atoms with Crippen LogP contribution in [0.2, 0.25) is 0 Å². The fourth-order valence-electron chi connectivity index (χ4n) is 2.03. The molecule has 2 rings (SSSR count). The minimum absolute atomic E-state index is 0.0911. The number of halogens is 1. The molecule has 2 amide bonds. The van der Waals surface area contributed by atoms with E-state index in [2.05, 4.69) is 5.32 Å². The molecule has 0 atom stereocenters. The van der Waals surface area contributed by atoms with Gasteiger partial charge in [-0.3, -0.25) is 19.0 Å². The van der Waals surface area contributed by atoms with Gasteiger partial charge in [-0.2, -0.15) is 0 Å². The van der Waals surface area contributed by atoms with E-state index in [0.29, 0.717) is 5.69 Å². The van der Waals surface area contributed by atoms with Crippen LogP contribution >= 0.6 is 0 Å². The topological polar surface area (TPSA) is 71.4 Å². The van der Waals surface area contributed by atoms with Gasteiger partial charge in [0.05, 0.1) is 5.56 Å². The van der Waals surface area contributed by atoms with Crippen LogP contribution in [-0.2, 0) is 4.79 Å². The Morgan fingerprint density at radius 2 is 1.79 bits per heavy atom. The molecule has 0 saturated carbocycles. The fourth-order valence-corrected chi connectivity index (χ4v) is 2.03. The van der Waals surface area contributed by atoms with Gasteiger partial charge >= 0.3 is 0 Å². The number of benzene rings is 1. The summed E-state index contributed by atoms with van der Waals surface area (Å²) in [6, 6.07) is 8.06. The molecule has 0 aliphatic carbocycles. The van der Waals surface area contributed by atoms with Crippen molar-refractivity contribution >= 4 is 11.8 Å². The van der Waals surface area contributed by atoms with E-state index in [1.165, 1.54) is 52.1 Å². The van der Waals surface area contributed by atoms with Crippen LogP contribution in [-0.4, -0.2) is 41.9 Å². The fraction of sp³-hybridized carbons (Fsp3) is 0.235. The summed E-state index contributed by atoms with van der Waals surface area (Å²) in [6.07, 6.45) is 1.58. The van der Waals surface area contributed by atoms with Crippen LogP contribution in [0.4, 0.5) is 4.39 Å². The second-order valence-electron chi connectivity index (χ2n) is 5.40. The largest absolute Gasteiger partial charge is 0.351 e. The summed E-state index contributed by atoms with van der Waals surface area (Å²) in [5.74, 6) is -0.893. The average Bonchev–Trinajstić information content (AvgIpc) is 2.55. The number of hydrogen-bond acceptors (Lipinski definition) is 3. The molecule has 0 aliphatic rings. The van der Waals surface area contributed by atoms with Gasteiger partial charge in [0.25, 0.3) is 11.5 Å². The second-order valence-corrected chi connectivity index (χ2v) is 5.40. The van der Waals surface area contributed by atoms with E-state index in [0.717, 1.165) is 0 Å².